The van der Waals surface area contributed by atoms with E-state index in [1.807, 2.05) is 10.9 Å². The number of ether oxygens (including phenoxy) is 1. The van der Waals surface area contributed by atoms with Crippen LogP contribution >= 0.6 is 0 Å². The van der Waals surface area contributed by atoms with Crippen LogP contribution in [0.15, 0.2) is 12.4 Å². The number of rotatable bonds is 2. The Bertz CT molecular complexity index is 214. The van der Waals surface area contributed by atoms with Crippen LogP contribution < -0.4 is 0 Å². The Morgan fingerprint density at radius 1 is 1.50 bits per heavy atom. The van der Waals surface area contributed by atoms with Crippen LogP contribution in [0.5, 0.6) is 0 Å². The van der Waals surface area contributed by atoms with Gasteiger partial charge in [-0.05, 0) is 18.8 Å². The van der Waals surface area contributed by atoms with E-state index < -0.39 is 0 Å². The highest BCUT2D eigenvalue weighted by molar-refractivity contribution is 4.76. The molecule has 2 heterocycles. The van der Waals surface area contributed by atoms with Gasteiger partial charge in [0.2, 0.25) is 0 Å². The summed E-state index contributed by atoms with van der Waals surface area (Å²) in [5.41, 5.74) is 0. The quantitative estimate of drug-likeness (QED) is 0.656. The standard InChI is InChI=1S/C9H13N2O/c1-4-10-11(5-1)8-9-2-6-12-7-3-9/h4-5,9H,2-3,6-8H2. The zero-order valence-electron chi connectivity index (χ0n) is 7.07. The Morgan fingerprint density at radius 2 is 2.33 bits per heavy atom. The summed E-state index contributed by atoms with van der Waals surface area (Å²) in [5.74, 6) is 0.743. The van der Waals surface area contributed by atoms with Crippen molar-refractivity contribution in [3.8, 4) is 0 Å². The van der Waals surface area contributed by atoms with Crippen molar-refractivity contribution in [2.24, 2.45) is 5.92 Å². The fourth-order valence-corrected chi connectivity index (χ4v) is 1.55. The molecule has 2 rings (SSSR count). The van der Waals surface area contributed by atoms with E-state index in [-0.39, 0.29) is 0 Å². The third kappa shape index (κ3) is 1.85. The molecule has 12 heavy (non-hydrogen) atoms. The van der Waals surface area contributed by atoms with Gasteiger partial charge in [-0.15, -0.1) is 0 Å². The predicted octanol–water partition coefficient (Wildman–Crippen LogP) is 1.11. The molecule has 0 unspecified atom stereocenters. The lowest BCUT2D eigenvalue weighted by atomic mass is 10.0. The molecule has 1 aromatic heterocycles. The van der Waals surface area contributed by atoms with E-state index in [1.165, 1.54) is 12.8 Å². The van der Waals surface area contributed by atoms with Gasteiger partial charge in [-0.3, -0.25) is 4.68 Å². The Morgan fingerprint density at radius 3 is 3.00 bits per heavy atom. The number of nitrogens with zero attached hydrogens (tertiary/aromatic N) is 2. The molecule has 1 saturated heterocycles. The summed E-state index contributed by atoms with van der Waals surface area (Å²) in [6.07, 6.45) is 5.94. The number of hydrogen-bond donors (Lipinski definition) is 0. The third-order valence-electron chi connectivity index (χ3n) is 2.29. The Balaban J connectivity index is 1.86. The van der Waals surface area contributed by atoms with Crippen molar-refractivity contribution < 1.29 is 4.74 Å². The fourth-order valence-electron chi connectivity index (χ4n) is 1.55. The van der Waals surface area contributed by atoms with Crippen molar-refractivity contribution in [3.63, 3.8) is 0 Å². The van der Waals surface area contributed by atoms with Crippen LogP contribution in [-0.2, 0) is 11.3 Å². The minimum absolute atomic E-state index is 0.743. The first-order chi connectivity index (χ1) is 5.95. The van der Waals surface area contributed by atoms with Gasteiger partial charge in [0.05, 0.1) is 6.20 Å². The molecule has 0 N–H and O–H groups in total. The second-order valence-corrected chi connectivity index (χ2v) is 3.22. The minimum atomic E-state index is 0.743. The molecule has 0 spiro atoms. The summed E-state index contributed by atoms with van der Waals surface area (Å²) in [7, 11) is 0. The van der Waals surface area contributed by atoms with Gasteiger partial charge in [-0.25, -0.2) is 0 Å². The lowest BCUT2D eigenvalue weighted by Gasteiger charge is -2.21. The average molecular weight is 165 g/mol. The SMILES string of the molecule is [c]1cnn(CC2CCOCC2)c1. The molecule has 1 aliphatic heterocycles. The first-order valence-electron chi connectivity index (χ1n) is 4.41. The molecule has 1 radical (unpaired) electrons. The van der Waals surface area contributed by atoms with Crippen molar-refractivity contribution in [1.29, 1.82) is 0 Å². The zero-order valence-corrected chi connectivity index (χ0v) is 7.07. The summed E-state index contributed by atoms with van der Waals surface area (Å²) < 4.78 is 7.24. The molecule has 1 aliphatic rings. The average Bonchev–Trinajstić information content (AvgIpc) is 2.59. The van der Waals surface area contributed by atoms with Crippen LogP contribution in [0.3, 0.4) is 0 Å². The number of aromatic nitrogens is 2. The zero-order chi connectivity index (χ0) is 8.23. The predicted molar refractivity (Wildman–Crippen MR) is 44.6 cm³/mol. The van der Waals surface area contributed by atoms with Crippen molar-refractivity contribution in [2.45, 2.75) is 19.4 Å². The second kappa shape index (κ2) is 3.72. The fraction of sp³-hybridized carbons (Fsp3) is 0.667. The lowest BCUT2D eigenvalue weighted by molar-refractivity contribution is 0.0601. The van der Waals surface area contributed by atoms with E-state index in [4.69, 9.17) is 4.74 Å². The molecule has 65 valence electrons. The van der Waals surface area contributed by atoms with E-state index in [0.717, 1.165) is 25.7 Å². The summed E-state index contributed by atoms with van der Waals surface area (Å²) in [4.78, 5) is 0. The molecule has 0 saturated carbocycles. The van der Waals surface area contributed by atoms with Gasteiger partial charge < -0.3 is 4.74 Å². The molecule has 0 amide bonds. The highest BCUT2D eigenvalue weighted by atomic mass is 16.5. The van der Waals surface area contributed by atoms with Crippen LogP contribution in [0.25, 0.3) is 0 Å². The molecular weight excluding hydrogens is 152 g/mol. The highest BCUT2D eigenvalue weighted by Crippen LogP contribution is 2.15. The Labute approximate surface area is 72.3 Å². The largest absolute Gasteiger partial charge is 0.381 e. The van der Waals surface area contributed by atoms with Gasteiger partial charge in [-0.2, -0.15) is 5.10 Å². The highest BCUT2D eigenvalue weighted by Gasteiger charge is 2.13. The van der Waals surface area contributed by atoms with Gasteiger partial charge in [0.25, 0.3) is 0 Å². The molecule has 3 heteroatoms. The van der Waals surface area contributed by atoms with Gasteiger partial charge >= 0.3 is 0 Å². The molecule has 3 nitrogen and oxygen atoms in total. The van der Waals surface area contributed by atoms with Crippen LogP contribution in [0.2, 0.25) is 0 Å². The van der Waals surface area contributed by atoms with Crippen LogP contribution in [0.4, 0.5) is 0 Å². The van der Waals surface area contributed by atoms with Gasteiger partial charge in [-0.1, -0.05) is 0 Å². The van der Waals surface area contributed by atoms with E-state index in [1.54, 1.807) is 6.20 Å². The summed E-state index contributed by atoms with van der Waals surface area (Å²) in [6.45, 7) is 2.85. The van der Waals surface area contributed by atoms with Gasteiger partial charge in [0.15, 0.2) is 0 Å². The van der Waals surface area contributed by atoms with Crippen LogP contribution in [-0.4, -0.2) is 23.0 Å². The number of hydrogen-bond acceptors (Lipinski definition) is 2. The topological polar surface area (TPSA) is 27.1 Å². The lowest BCUT2D eigenvalue weighted by Crippen LogP contribution is -2.20. The molecule has 0 atom stereocenters. The van der Waals surface area contributed by atoms with Crippen LogP contribution in [0.1, 0.15) is 12.8 Å². The first-order valence-corrected chi connectivity index (χ1v) is 4.41. The Hall–Kier alpha value is -0.830. The van der Waals surface area contributed by atoms with Crippen LogP contribution in [0, 0.1) is 12.0 Å². The van der Waals surface area contributed by atoms with Crippen molar-refractivity contribution in [3.05, 3.63) is 18.5 Å². The summed E-state index contributed by atoms with van der Waals surface area (Å²) in [5, 5.41) is 4.13. The maximum absolute atomic E-state index is 5.28. The van der Waals surface area contributed by atoms with Crippen molar-refractivity contribution in [2.75, 3.05) is 13.2 Å². The Kier molecular flexibility index (Phi) is 2.42. The molecule has 0 aliphatic carbocycles. The molecular formula is C9H13N2O. The molecule has 1 aromatic rings. The monoisotopic (exact) mass is 165 g/mol. The first kappa shape index (κ1) is 7.80. The van der Waals surface area contributed by atoms with Crippen molar-refractivity contribution in [1.82, 2.24) is 9.78 Å². The van der Waals surface area contributed by atoms with E-state index in [2.05, 4.69) is 11.2 Å². The molecule has 1 fully saturated rings. The third-order valence-corrected chi connectivity index (χ3v) is 2.29. The normalized spacial score (nSPS) is 19.7. The molecule has 0 bridgehead atoms. The summed E-state index contributed by atoms with van der Waals surface area (Å²) in [6, 6.07) is 2.94. The minimum Gasteiger partial charge on any atom is -0.381 e. The molecule has 0 aromatic carbocycles. The van der Waals surface area contributed by atoms with E-state index >= 15 is 0 Å². The van der Waals surface area contributed by atoms with E-state index in [9.17, 15) is 0 Å². The van der Waals surface area contributed by atoms with E-state index in [0.29, 0.717) is 0 Å². The maximum Gasteiger partial charge on any atom is 0.0569 e. The van der Waals surface area contributed by atoms with Gasteiger partial charge in [0, 0.05) is 32.0 Å². The van der Waals surface area contributed by atoms with Crippen molar-refractivity contribution >= 4 is 0 Å². The maximum atomic E-state index is 5.28. The second-order valence-electron chi connectivity index (χ2n) is 3.22. The smallest absolute Gasteiger partial charge is 0.0569 e. The summed E-state index contributed by atoms with van der Waals surface area (Å²) >= 11 is 0. The van der Waals surface area contributed by atoms with Gasteiger partial charge in [0.1, 0.15) is 0 Å².